The second kappa shape index (κ2) is 3.61. The third-order valence-electron chi connectivity index (χ3n) is 2.00. The van der Waals surface area contributed by atoms with Crippen LogP contribution in [0.5, 0.6) is 0 Å². The maximum Gasteiger partial charge on any atom is 0.104 e. The van der Waals surface area contributed by atoms with Gasteiger partial charge in [0.2, 0.25) is 0 Å². The third kappa shape index (κ3) is 1.81. The van der Waals surface area contributed by atoms with Crippen LogP contribution in [-0.2, 0) is 13.1 Å². The van der Waals surface area contributed by atoms with Crippen LogP contribution >= 0.6 is 0 Å². The molecule has 2 aromatic heterocycles. The highest BCUT2D eigenvalue weighted by Gasteiger charge is 2.01. The van der Waals surface area contributed by atoms with E-state index in [0.717, 1.165) is 17.8 Å². The van der Waals surface area contributed by atoms with Crippen molar-refractivity contribution in [2.75, 3.05) is 0 Å². The standard InChI is InChI=1S/C9H13N5/c1-3-13-6-9(11-12-13)7-14-5-8(2)4-10-14/h4-6H,3,7H2,1-2H3. The van der Waals surface area contributed by atoms with E-state index in [1.807, 2.05) is 41.8 Å². The number of aryl methyl sites for hydroxylation is 2. The van der Waals surface area contributed by atoms with Crippen LogP contribution in [0.3, 0.4) is 0 Å². The van der Waals surface area contributed by atoms with E-state index in [4.69, 9.17) is 0 Å². The van der Waals surface area contributed by atoms with E-state index in [9.17, 15) is 0 Å². The van der Waals surface area contributed by atoms with Gasteiger partial charge >= 0.3 is 0 Å². The van der Waals surface area contributed by atoms with Gasteiger partial charge in [-0.2, -0.15) is 5.10 Å². The van der Waals surface area contributed by atoms with E-state index in [1.54, 1.807) is 0 Å². The van der Waals surface area contributed by atoms with E-state index in [2.05, 4.69) is 15.4 Å². The maximum absolute atomic E-state index is 4.19. The van der Waals surface area contributed by atoms with Gasteiger partial charge in [-0.05, 0) is 19.4 Å². The van der Waals surface area contributed by atoms with E-state index < -0.39 is 0 Å². The quantitative estimate of drug-likeness (QED) is 0.722. The first-order chi connectivity index (χ1) is 6.78. The van der Waals surface area contributed by atoms with Gasteiger partial charge in [-0.15, -0.1) is 5.10 Å². The predicted octanol–water partition coefficient (Wildman–Crippen LogP) is 0.851. The molecule has 14 heavy (non-hydrogen) atoms. The van der Waals surface area contributed by atoms with Gasteiger partial charge in [0.1, 0.15) is 5.69 Å². The molecule has 0 atom stereocenters. The van der Waals surface area contributed by atoms with Crippen LogP contribution in [0, 0.1) is 6.92 Å². The first-order valence-corrected chi connectivity index (χ1v) is 4.66. The molecule has 0 aliphatic heterocycles. The zero-order valence-electron chi connectivity index (χ0n) is 8.38. The first kappa shape index (κ1) is 8.93. The zero-order chi connectivity index (χ0) is 9.97. The lowest BCUT2D eigenvalue weighted by molar-refractivity contribution is 0.625. The van der Waals surface area contributed by atoms with Crippen molar-refractivity contribution in [1.29, 1.82) is 0 Å². The monoisotopic (exact) mass is 191 g/mol. The van der Waals surface area contributed by atoms with Crippen LogP contribution in [0.15, 0.2) is 18.6 Å². The predicted molar refractivity (Wildman–Crippen MR) is 51.8 cm³/mol. The minimum atomic E-state index is 0.688. The topological polar surface area (TPSA) is 48.5 Å². The molecular weight excluding hydrogens is 178 g/mol. The second-order valence-electron chi connectivity index (χ2n) is 3.28. The molecule has 5 heteroatoms. The molecule has 0 radical (unpaired) electrons. The number of aromatic nitrogens is 5. The lowest BCUT2D eigenvalue weighted by Crippen LogP contribution is -2.00. The van der Waals surface area contributed by atoms with E-state index in [-0.39, 0.29) is 0 Å². The van der Waals surface area contributed by atoms with Gasteiger partial charge < -0.3 is 0 Å². The molecule has 2 heterocycles. The molecule has 74 valence electrons. The largest absolute Gasteiger partial charge is 0.266 e. The summed E-state index contributed by atoms with van der Waals surface area (Å²) in [5.41, 5.74) is 2.10. The lowest BCUT2D eigenvalue weighted by atomic mass is 10.4. The highest BCUT2D eigenvalue weighted by atomic mass is 15.4. The van der Waals surface area contributed by atoms with E-state index in [1.165, 1.54) is 0 Å². The Morgan fingerprint density at radius 2 is 2.14 bits per heavy atom. The van der Waals surface area contributed by atoms with Crippen molar-refractivity contribution in [3.05, 3.63) is 29.8 Å². The Morgan fingerprint density at radius 3 is 2.71 bits per heavy atom. The summed E-state index contributed by atoms with van der Waals surface area (Å²) in [4.78, 5) is 0. The van der Waals surface area contributed by atoms with Crippen molar-refractivity contribution < 1.29 is 0 Å². The molecule has 0 aliphatic rings. The van der Waals surface area contributed by atoms with Crippen molar-refractivity contribution in [1.82, 2.24) is 24.8 Å². The highest BCUT2D eigenvalue weighted by molar-refractivity contribution is 5.02. The fourth-order valence-corrected chi connectivity index (χ4v) is 1.28. The molecule has 5 nitrogen and oxygen atoms in total. The Balaban J connectivity index is 2.10. The summed E-state index contributed by atoms with van der Waals surface area (Å²) in [6.07, 6.45) is 5.77. The van der Waals surface area contributed by atoms with Crippen molar-refractivity contribution in [3.63, 3.8) is 0 Å². The Hall–Kier alpha value is -1.65. The molecule has 2 aromatic rings. The van der Waals surface area contributed by atoms with Gasteiger partial charge in [0, 0.05) is 12.7 Å². The second-order valence-corrected chi connectivity index (χ2v) is 3.28. The van der Waals surface area contributed by atoms with Crippen molar-refractivity contribution in [2.24, 2.45) is 0 Å². The molecule has 0 aromatic carbocycles. The van der Waals surface area contributed by atoms with Crippen LogP contribution in [0.4, 0.5) is 0 Å². The number of nitrogens with zero attached hydrogens (tertiary/aromatic N) is 5. The number of hydrogen-bond donors (Lipinski definition) is 0. The first-order valence-electron chi connectivity index (χ1n) is 4.66. The van der Waals surface area contributed by atoms with Gasteiger partial charge in [0.25, 0.3) is 0 Å². The van der Waals surface area contributed by atoms with Gasteiger partial charge in [0.05, 0.1) is 18.9 Å². The summed E-state index contributed by atoms with van der Waals surface area (Å²) < 4.78 is 3.67. The average molecular weight is 191 g/mol. The van der Waals surface area contributed by atoms with Crippen molar-refractivity contribution in [2.45, 2.75) is 26.9 Å². The van der Waals surface area contributed by atoms with Crippen LogP contribution in [0.2, 0.25) is 0 Å². The molecule has 0 aliphatic carbocycles. The van der Waals surface area contributed by atoms with Crippen LogP contribution in [0.1, 0.15) is 18.2 Å². The van der Waals surface area contributed by atoms with E-state index >= 15 is 0 Å². The molecule has 0 saturated carbocycles. The van der Waals surface area contributed by atoms with E-state index in [0.29, 0.717) is 6.54 Å². The molecule has 0 fully saturated rings. The fourth-order valence-electron chi connectivity index (χ4n) is 1.28. The fraction of sp³-hybridized carbons (Fsp3) is 0.444. The van der Waals surface area contributed by atoms with Gasteiger partial charge in [-0.25, -0.2) is 0 Å². The maximum atomic E-state index is 4.19. The summed E-state index contributed by atoms with van der Waals surface area (Å²) in [6, 6.07) is 0. The van der Waals surface area contributed by atoms with Crippen LogP contribution < -0.4 is 0 Å². The van der Waals surface area contributed by atoms with Crippen LogP contribution in [0.25, 0.3) is 0 Å². The molecule has 0 bridgehead atoms. The van der Waals surface area contributed by atoms with Gasteiger partial charge in [-0.1, -0.05) is 5.21 Å². The molecule has 0 unspecified atom stereocenters. The Morgan fingerprint density at radius 1 is 1.29 bits per heavy atom. The van der Waals surface area contributed by atoms with Gasteiger partial charge in [0.15, 0.2) is 0 Å². The molecule has 0 N–H and O–H groups in total. The van der Waals surface area contributed by atoms with Crippen molar-refractivity contribution in [3.8, 4) is 0 Å². The molecule has 2 rings (SSSR count). The minimum Gasteiger partial charge on any atom is -0.266 e. The summed E-state index contributed by atoms with van der Waals surface area (Å²) in [5.74, 6) is 0. The molecule has 0 amide bonds. The Labute approximate surface area is 82.4 Å². The smallest absolute Gasteiger partial charge is 0.104 e. The summed E-state index contributed by atoms with van der Waals surface area (Å²) in [7, 11) is 0. The number of hydrogen-bond acceptors (Lipinski definition) is 3. The summed E-state index contributed by atoms with van der Waals surface area (Å²) in [6.45, 7) is 5.60. The summed E-state index contributed by atoms with van der Waals surface area (Å²) in [5, 5.41) is 12.2. The molecular formula is C9H13N5. The normalized spacial score (nSPS) is 10.7. The Bertz CT molecular complexity index is 414. The third-order valence-corrected chi connectivity index (χ3v) is 2.00. The molecule has 0 spiro atoms. The average Bonchev–Trinajstić information content (AvgIpc) is 2.76. The van der Waals surface area contributed by atoms with Gasteiger partial charge in [-0.3, -0.25) is 9.36 Å². The van der Waals surface area contributed by atoms with Crippen LogP contribution in [-0.4, -0.2) is 24.8 Å². The zero-order valence-corrected chi connectivity index (χ0v) is 8.38. The SMILES string of the molecule is CCn1cc(Cn2cc(C)cn2)nn1. The van der Waals surface area contributed by atoms with Crippen molar-refractivity contribution >= 4 is 0 Å². The highest BCUT2D eigenvalue weighted by Crippen LogP contribution is 1.99. The minimum absolute atomic E-state index is 0.688. The number of rotatable bonds is 3. The lowest BCUT2D eigenvalue weighted by Gasteiger charge is -1.94. The summed E-state index contributed by atoms with van der Waals surface area (Å²) >= 11 is 0. The Kier molecular flexibility index (Phi) is 2.30. The molecule has 0 saturated heterocycles.